The number of rotatable bonds is 9. The molecule has 0 spiro atoms. The van der Waals surface area contributed by atoms with Gasteiger partial charge in [-0.25, -0.2) is 0 Å². The molecule has 1 unspecified atom stereocenters. The van der Waals surface area contributed by atoms with Crippen LogP contribution in [0.3, 0.4) is 0 Å². The van der Waals surface area contributed by atoms with Crippen LogP contribution in [0.15, 0.2) is 30.3 Å². The zero-order valence-corrected chi connectivity index (χ0v) is 13.2. The fourth-order valence-corrected chi connectivity index (χ4v) is 2.25. The van der Waals surface area contributed by atoms with Crippen molar-refractivity contribution in [3.8, 4) is 0 Å². The molecule has 1 atom stereocenters. The number of nitrogens with zero attached hydrogens (tertiary/aromatic N) is 1. The molecule has 0 fully saturated rings. The normalized spacial score (nSPS) is 11.5. The van der Waals surface area contributed by atoms with Crippen molar-refractivity contribution in [1.82, 2.24) is 10.2 Å². The van der Waals surface area contributed by atoms with E-state index in [9.17, 15) is 14.4 Å². The first-order valence-corrected chi connectivity index (χ1v) is 7.72. The van der Waals surface area contributed by atoms with E-state index in [4.69, 9.17) is 0 Å². The Kier molecular flexibility index (Phi) is 7.89. The maximum absolute atomic E-state index is 12.5. The number of hydrogen-bond acceptors (Lipinski definition) is 3. The fourth-order valence-electron chi connectivity index (χ4n) is 2.25. The highest BCUT2D eigenvalue weighted by molar-refractivity contribution is 5.97. The summed E-state index contributed by atoms with van der Waals surface area (Å²) in [5.41, 5.74) is 0.523. The van der Waals surface area contributed by atoms with Gasteiger partial charge in [0.1, 0.15) is 12.3 Å². The van der Waals surface area contributed by atoms with E-state index in [0.29, 0.717) is 37.9 Å². The van der Waals surface area contributed by atoms with Crippen molar-refractivity contribution in [2.24, 2.45) is 0 Å². The number of hydrogen-bond donors (Lipinski definition) is 1. The van der Waals surface area contributed by atoms with Crippen LogP contribution >= 0.6 is 0 Å². The first-order valence-electron chi connectivity index (χ1n) is 7.72. The number of carbonyl (C=O) groups excluding carboxylic acids is 3. The maximum atomic E-state index is 12.5. The first kappa shape index (κ1) is 17.9. The second kappa shape index (κ2) is 9.71. The zero-order valence-electron chi connectivity index (χ0n) is 13.2. The second-order valence-corrected chi connectivity index (χ2v) is 5.00. The fraction of sp³-hybridized carbons (Fsp3) is 0.471. The molecule has 0 aromatic heterocycles. The van der Waals surface area contributed by atoms with Gasteiger partial charge in [-0.2, -0.15) is 0 Å². The minimum atomic E-state index is -0.590. The molecule has 5 heteroatoms. The average molecular weight is 304 g/mol. The van der Waals surface area contributed by atoms with E-state index in [1.807, 2.05) is 19.9 Å². The molecule has 0 bridgehead atoms. The number of likely N-dealkylation sites (N-methyl/N-ethyl adjacent to an activating group) is 1. The quantitative estimate of drug-likeness (QED) is 0.560. The molecule has 0 saturated heterocycles. The van der Waals surface area contributed by atoms with E-state index in [0.717, 1.165) is 6.29 Å². The molecule has 1 aromatic carbocycles. The summed E-state index contributed by atoms with van der Waals surface area (Å²) < 4.78 is 0. The Morgan fingerprint density at radius 2 is 1.82 bits per heavy atom. The van der Waals surface area contributed by atoms with Crippen molar-refractivity contribution < 1.29 is 14.4 Å². The number of aldehydes is 1. The van der Waals surface area contributed by atoms with Gasteiger partial charge in [-0.3, -0.25) is 9.59 Å². The molecule has 22 heavy (non-hydrogen) atoms. The van der Waals surface area contributed by atoms with E-state index in [-0.39, 0.29) is 11.8 Å². The Balaban J connectivity index is 2.78. The van der Waals surface area contributed by atoms with Gasteiger partial charge in [0, 0.05) is 25.1 Å². The van der Waals surface area contributed by atoms with Gasteiger partial charge in [0.2, 0.25) is 5.91 Å². The van der Waals surface area contributed by atoms with Gasteiger partial charge in [-0.15, -0.1) is 0 Å². The standard InChI is InChI=1S/C17H24N2O3/c1-3-19(4-2)17(22)15(12-8-9-13-20)18-16(21)14-10-6-5-7-11-14/h5-7,10-11,13,15H,3-4,8-9,12H2,1-2H3,(H,18,21). The third-order valence-corrected chi connectivity index (χ3v) is 3.53. The van der Waals surface area contributed by atoms with Crippen molar-refractivity contribution in [3.05, 3.63) is 35.9 Å². The molecule has 0 heterocycles. The summed E-state index contributed by atoms with van der Waals surface area (Å²) in [5, 5.41) is 2.80. The highest BCUT2D eigenvalue weighted by Gasteiger charge is 2.24. The van der Waals surface area contributed by atoms with Crippen LogP contribution in [0.4, 0.5) is 0 Å². The lowest BCUT2D eigenvalue weighted by molar-refractivity contribution is -0.133. The third-order valence-electron chi connectivity index (χ3n) is 3.53. The third kappa shape index (κ3) is 5.31. The van der Waals surface area contributed by atoms with Crippen LogP contribution < -0.4 is 5.32 Å². The molecule has 120 valence electrons. The number of nitrogens with one attached hydrogen (secondary N) is 1. The topological polar surface area (TPSA) is 66.5 Å². The van der Waals surface area contributed by atoms with Gasteiger partial charge in [-0.1, -0.05) is 18.2 Å². The highest BCUT2D eigenvalue weighted by Crippen LogP contribution is 2.07. The molecule has 0 aliphatic rings. The van der Waals surface area contributed by atoms with Crippen molar-refractivity contribution in [3.63, 3.8) is 0 Å². The molecule has 0 aliphatic carbocycles. The molecular formula is C17H24N2O3. The Morgan fingerprint density at radius 3 is 2.36 bits per heavy atom. The summed E-state index contributed by atoms with van der Waals surface area (Å²) in [7, 11) is 0. The lowest BCUT2D eigenvalue weighted by atomic mass is 10.1. The van der Waals surface area contributed by atoms with Crippen molar-refractivity contribution in [2.75, 3.05) is 13.1 Å². The monoisotopic (exact) mass is 304 g/mol. The van der Waals surface area contributed by atoms with Crippen LogP contribution in [-0.4, -0.2) is 42.1 Å². The molecule has 1 aromatic rings. The zero-order chi connectivity index (χ0) is 16.4. The summed E-state index contributed by atoms with van der Waals surface area (Å²) in [5.74, 6) is -0.364. The second-order valence-electron chi connectivity index (χ2n) is 5.00. The van der Waals surface area contributed by atoms with E-state index in [1.54, 1.807) is 29.2 Å². The van der Waals surface area contributed by atoms with Crippen LogP contribution in [0.1, 0.15) is 43.5 Å². The summed E-state index contributed by atoms with van der Waals surface area (Å²) in [6.07, 6.45) is 2.27. The lowest BCUT2D eigenvalue weighted by Gasteiger charge is -2.25. The summed E-state index contributed by atoms with van der Waals surface area (Å²) >= 11 is 0. The lowest BCUT2D eigenvalue weighted by Crippen LogP contribution is -2.48. The first-order chi connectivity index (χ1) is 10.6. The molecule has 0 radical (unpaired) electrons. The number of benzene rings is 1. The Morgan fingerprint density at radius 1 is 1.18 bits per heavy atom. The average Bonchev–Trinajstić information content (AvgIpc) is 2.55. The summed E-state index contributed by atoms with van der Waals surface area (Å²) in [4.78, 5) is 36.9. The van der Waals surface area contributed by atoms with Gasteiger partial charge < -0.3 is 15.0 Å². The van der Waals surface area contributed by atoms with Crippen LogP contribution in [0.2, 0.25) is 0 Å². The Hall–Kier alpha value is -2.17. The smallest absolute Gasteiger partial charge is 0.251 e. The van der Waals surface area contributed by atoms with Crippen LogP contribution in [0.5, 0.6) is 0 Å². The van der Waals surface area contributed by atoms with Gasteiger partial charge in [0.25, 0.3) is 5.91 Å². The molecule has 0 saturated carbocycles. The summed E-state index contributed by atoms with van der Waals surface area (Å²) in [6.45, 7) is 5.01. The van der Waals surface area contributed by atoms with Gasteiger partial charge >= 0.3 is 0 Å². The number of carbonyl (C=O) groups is 3. The maximum Gasteiger partial charge on any atom is 0.251 e. The van der Waals surface area contributed by atoms with E-state index >= 15 is 0 Å². The summed E-state index contributed by atoms with van der Waals surface area (Å²) in [6, 6.07) is 8.22. The van der Waals surface area contributed by atoms with Crippen LogP contribution in [0.25, 0.3) is 0 Å². The van der Waals surface area contributed by atoms with Crippen molar-refractivity contribution >= 4 is 18.1 Å². The molecule has 5 nitrogen and oxygen atoms in total. The van der Waals surface area contributed by atoms with Gasteiger partial charge in [0.05, 0.1) is 0 Å². The Bertz CT molecular complexity index is 484. The number of amides is 2. The predicted molar refractivity (Wildman–Crippen MR) is 85.5 cm³/mol. The number of unbranched alkanes of at least 4 members (excludes halogenated alkanes) is 1. The van der Waals surface area contributed by atoms with Crippen LogP contribution in [0, 0.1) is 0 Å². The molecule has 1 N–H and O–H groups in total. The minimum Gasteiger partial charge on any atom is -0.341 e. The van der Waals surface area contributed by atoms with Crippen molar-refractivity contribution in [2.45, 2.75) is 39.2 Å². The molecular weight excluding hydrogens is 280 g/mol. The predicted octanol–water partition coefficient (Wildman–Crippen LogP) is 2.02. The van der Waals surface area contributed by atoms with Crippen molar-refractivity contribution in [1.29, 1.82) is 0 Å². The molecule has 2 amide bonds. The molecule has 1 rings (SSSR count). The van der Waals surface area contributed by atoms with Gasteiger partial charge in [-0.05, 0) is 38.8 Å². The minimum absolute atomic E-state index is 0.0971. The Labute approximate surface area is 131 Å². The molecule has 0 aliphatic heterocycles. The van der Waals surface area contributed by atoms with E-state index in [2.05, 4.69) is 5.32 Å². The van der Waals surface area contributed by atoms with E-state index in [1.165, 1.54) is 0 Å². The van der Waals surface area contributed by atoms with E-state index < -0.39 is 6.04 Å². The SMILES string of the molecule is CCN(CC)C(=O)C(CCCC=O)NC(=O)c1ccccc1. The highest BCUT2D eigenvalue weighted by atomic mass is 16.2. The van der Waals surface area contributed by atoms with Crippen LogP contribution in [-0.2, 0) is 9.59 Å². The largest absolute Gasteiger partial charge is 0.341 e. The van der Waals surface area contributed by atoms with Gasteiger partial charge in [0.15, 0.2) is 0 Å².